The number of ether oxygens (including phenoxy) is 4. The smallest absolute Gasteiger partial charge is 0.189 e. The minimum atomic E-state index is -0.167. The van der Waals surface area contributed by atoms with Crippen molar-refractivity contribution in [3.63, 3.8) is 0 Å². The molecule has 1 heterocycles. The molecule has 0 fully saturated rings. The molecule has 5 nitrogen and oxygen atoms in total. The van der Waals surface area contributed by atoms with E-state index in [0.717, 1.165) is 11.3 Å². The summed E-state index contributed by atoms with van der Waals surface area (Å²) >= 11 is 0. The van der Waals surface area contributed by atoms with Crippen molar-refractivity contribution in [2.45, 2.75) is 0 Å². The Morgan fingerprint density at radius 3 is 2.29 bits per heavy atom. The zero-order valence-corrected chi connectivity index (χ0v) is 13.6. The maximum absolute atomic E-state index is 12.5. The zero-order valence-electron chi connectivity index (χ0n) is 13.6. The summed E-state index contributed by atoms with van der Waals surface area (Å²) in [4.78, 5) is 12.5. The molecule has 2 aromatic rings. The van der Waals surface area contributed by atoms with E-state index < -0.39 is 0 Å². The molecule has 0 unspecified atom stereocenters. The van der Waals surface area contributed by atoms with Crippen LogP contribution in [-0.2, 0) is 0 Å². The Hall–Kier alpha value is -2.95. The van der Waals surface area contributed by atoms with Gasteiger partial charge in [0.15, 0.2) is 17.3 Å². The van der Waals surface area contributed by atoms with Gasteiger partial charge in [-0.3, -0.25) is 4.79 Å². The van der Waals surface area contributed by atoms with E-state index in [1.807, 2.05) is 24.3 Å². The number of hydrogen-bond acceptors (Lipinski definition) is 5. The summed E-state index contributed by atoms with van der Waals surface area (Å²) in [7, 11) is 3.14. The largest absolute Gasteiger partial charge is 0.497 e. The summed E-state index contributed by atoms with van der Waals surface area (Å²) in [5.74, 6) is 2.22. The van der Waals surface area contributed by atoms with Crippen LogP contribution in [-0.4, -0.2) is 33.2 Å². The first kappa shape index (κ1) is 15.9. The predicted octanol–water partition coefficient (Wildman–Crippen LogP) is 3.37. The number of carbonyl (C=O) groups is 1. The van der Waals surface area contributed by atoms with Gasteiger partial charge in [0.25, 0.3) is 0 Å². The summed E-state index contributed by atoms with van der Waals surface area (Å²) in [5, 5.41) is 0. The molecule has 1 aliphatic rings. The Morgan fingerprint density at radius 1 is 1.00 bits per heavy atom. The van der Waals surface area contributed by atoms with Gasteiger partial charge in [0.05, 0.1) is 19.8 Å². The van der Waals surface area contributed by atoms with Crippen molar-refractivity contribution < 1.29 is 23.7 Å². The molecule has 0 N–H and O–H groups in total. The fourth-order valence-electron chi connectivity index (χ4n) is 2.41. The van der Waals surface area contributed by atoms with Crippen molar-refractivity contribution in [2.75, 3.05) is 27.4 Å². The van der Waals surface area contributed by atoms with E-state index in [4.69, 9.17) is 18.9 Å². The van der Waals surface area contributed by atoms with Gasteiger partial charge in [0, 0.05) is 6.07 Å². The number of ketones is 1. The Labute approximate surface area is 140 Å². The van der Waals surface area contributed by atoms with E-state index >= 15 is 0 Å². The second-order valence-corrected chi connectivity index (χ2v) is 5.17. The molecule has 0 saturated carbocycles. The summed E-state index contributed by atoms with van der Waals surface area (Å²) in [6.45, 7) is 0.954. The van der Waals surface area contributed by atoms with E-state index in [1.165, 1.54) is 13.2 Å². The van der Waals surface area contributed by atoms with Gasteiger partial charge < -0.3 is 18.9 Å². The third-order valence-corrected chi connectivity index (χ3v) is 3.67. The lowest BCUT2D eigenvalue weighted by Gasteiger charge is -2.20. The highest BCUT2D eigenvalue weighted by Gasteiger charge is 2.19. The number of methoxy groups -OCH3 is 2. The summed E-state index contributed by atoms with van der Waals surface area (Å²) < 4.78 is 21.5. The van der Waals surface area contributed by atoms with Crippen LogP contribution in [0.15, 0.2) is 42.5 Å². The first-order valence-electron chi connectivity index (χ1n) is 7.55. The maximum Gasteiger partial charge on any atom is 0.189 e. The molecule has 0 amide bonds. The molecule has 0 bridgehead atoms. The van der Waals surface area contributed by atoms with Crippen LogP contribution >= 0.6 is 0 Å². The van der Waals surface area contributed by atoms with Crippen molar-refractivity contribution in [3.8, 4) is 23.0 Å². The van der Waals surface area contributed by atoms with Crippen LogP contribution in [0.1, 0.15) is 15.9 Å². The molecule has 0 aliphatic carbocycles. The molecule has 24 heavy (non-hydrogen) atoms. The van der Waals surface area contributed by atoms with Gasteiger partial charge in [0.2, 0.25) is 0 Å². The van der Waals surface area contributed by atoms with Crippen molar-refractivity contribution in [3.05, 3.63) is 53.6 Å². The minimum absolute atomic E-state index is 0.167. The second kappa shape index (κ2) is 7.08. The van der Waals surface area contributed by atoms with E-state index in [1.54, 1.807) is 25.3 Å². The van der Waals surface area contributed by atoms with Gasteiger partial charge in [-0.15, -0.1) is 0 Å². The zero-order chi connectivity index (χ0) is 16.9. The summed E-state index contributed by atoms with van der Waals surface area (Å²) in [6, 6.07) is 10.8. The van der Waals surface area contributed by atoms with Crippen molar-refractivity contribution in [1.29, 1.82) is 0 Å². The summed E-state index contributed by atoms with van der Waals surface area (Å²) in [6.07, 6.45) is 3.26. The van der Waals surface area contributed by atoms with Gasteiger partial charge in [-0.2, -0.15) is 0 Å². The van der Waals surface area contributed by atoms with Crippen LogP contribution < -0.4 is 18.9 Å². The van der Waals surface area contributed by atoms with Crippen LogP contribution in [0.5, 0.6) is 23.0 Å². The molecule has 0 atom stereocenters. The van der Waals surface area contributed by atoms with E-state index in [-0.39, 0.29) is 5.78 Å². The Balaban J connectivity index is 1.84. The van der Waals surface area contributed by atoms with Gasteiger partial charge >= 0.3 is 0 Å². The highest BCUT2D eigenvalue weighted by molar-refractivity contribution is 6.09. The fourth-order valence-corrected chi connectivity index (χ4v) is 2.41. The highest BCUT2D eigenvalue weighted by Crippen LogP contribution is 2.37. The Morgan fingerprint density at radius 2 is 1.67 bits per heavy atom. The number of hydrogen-bond donors (Lipinski definition) is 0. The lowest BCUT2D eigenvalue weighted by molar-refractivity contribution is 0.104. The lowest BCUT2D eigenvalue weighted by atomic mass is 10.1. The maximum atomic E-state index is 12.5. The monoisotopic (exact) mass is 326 g/mol. The molecule has 5 heteroatoms. The Bertz CT molecular complexity index is 762. The second-order valence-electron chi connectivity index (χ2n) is 5.17. The van der Waals surface area contributed by atoms with Crippen LogP contribution in [0.2, 0.25) is 0 Å². The van der Waals surface area contributed by atoms with E-state index in [2.05, 4.69) is 0 Å². The quantitative estimate of drug-likeness (QED) is 0.623. The molecule has 3 rings (SSSR count). The molecule has 2 aromatic carbocycles. The van der Waals surface area contributed by atoms with Crippen molar-refractivity contribution in [2.24, 2.45) is 0 Å². The molecule has 0 aromatic heterocycles. The molecule has 0 spiro atoms. The fraction of sp³-hybridized carbons (Fsp3) is 0.211. The van der Waals surface area contributed by atoms with E-state index in [9.17, 15) is 4.79 Å². The third-order valence-electron chi connectivity index (χ3n) is 3.67. The first-order chi connectivity index (χ1) is 11.7. The molecular formula is C19H18O5. The van der Waals surface area contributed by atoms with Crippen LogP contribution in [0.3, 0.4) is 0 Å². The standard InChI is InChI=1S/C19H18O5/c1-21-14-6-3-13(4-7-14)5-8-16(20)15-11-18-19(12-17(15)22-2)24-10-9-23-18/h3-8,11-12H,9-10H2,1-2H3/b8-5+. The van der Waals surface area contributed by atoms with Crippen molar-refractivity contribution >= 4 is 11.9 Å². The van der Waals surface area contributed by atoms with Gasteiger partial charge in [-0.05, 0) is 29.8 Å². The molecule has 1 aliphatic heterocycles. The Kier molecular flexibility index (Phi) is 4.70. The van der Waals surface area contributed by atoms with Gasteiger partial charge in [0.1, 0.15) is 24.7 Å². The average Bonchev–Trinajstić information content (AvgIpc) is 2.65. The van der Waals surface area contributed by atoms with Gasteiger partial charge in [-0.1, -0.05) is 18.2 Å². The number of fused-ring (bicyclic) bond motifs is 1. The molecule has 0 radical (unpaired) electrons. The molecule has 124 valence electrons. The third kappa shape index (κ3) is 3.35. The normalized spacial score (nSPS) is 12.9. The molecular weight excluding hydrogens is 308 g/mol. The van der Waals surface area contributed by atoms with Crippen LogP contribution in [0.4, 0.5) is 0 Å². The topological polar surface area (TPSA) is 54.0 Å². The highest BCUT2D eigenvalue weighted by atomic mass is 16.6. The lowest BCUT2D eigenvalue weighted by Crippen LogP contribution is -2.16. The average molecular weight is 326 g/mol. The van der Waals surface area contributed by atoms with Crippen LogP contribution in [0.25, 0.3) is 6.08 Å². The number of allylic oxidation sites excluding steroid dienone is 1. The predicted molar refractivity (Wildman–Crippen MR) is 90.3 cm³/mol. The SMILES string of the molecule is COc1ccc(/C=C/C(=O)c2cc3c(cc2OC)OCCO3)cc1. The number of carbonyl (C=O) groups excluding carboxylic acids is 1. The minimum Gasteiger partial charge on any atom is -0.497 e. The summed E-state index contributed by atoms with van der Waals surface area (Å²) in [5.41, 5.74) is 1.34. The molecule has 0 saturated heterocycles. The number of benzene rings is 2. The van der Waals surface area contributed by atoms with Crippen molar-refractivity contribution in [1.82, 2.24) is 0 Å². The van der Waals surface area contributed by atoms with E-state index in [0.29, 0.717) is 36.0 Å². The van der Waals surface area contributed by atoms with Crippen LogP contribution in [0, 0.1) is 0 Å². The first-order valence-corrected chi connectivity index (χ1v) is 7.55. The van der Waals surface area contributed by atoms with Gasteiger partial charge in [-0.25, -0.2) is 0 Å². The number of rotatable bonds is 5.